The van der Waals surface area contributed by atoms with E-state index in [4.69, 9.17) is 0 Å². The molecule has 5 nitrogen and oxygen atoms in total. The maximum Gasteiger partial charge on any atom is 0.102 e. The van der Waals surface area contributed by atoms with Crippen molar-refractivity contribution in [1.29, 1.82) is 10.5 Å². The first-order chi connectivity index (χ1) is 28.1. The fourth-order valence-electron chi connectivity index (χ4n) is 9.29. The predicted octanol–water partition coefficient (Wildman–Crippen LogP) is 13.0. The summed E-state index contributed by atoms with van der Waals surface area (Å²) in [5.74, 6) is 0. The molecule has 266 valence electrons. The fourth-order valence-corrected chi connectivity index (χ4v) is 9.29. The van der Waals surface area contributed by atoms with Crippen LogP contribution in [0.25, 0.3) is 93.6 Å². The molecule has 0 amide bonds. The van der Waals surface area contributed by atoms with Crippen LogP contribution in [0, 0.1) is 36.5 Å². The smallest absolute Gasteiger partial charge is 0.102 e. The van der Waals surface area contributed by atoms with Crippen LogP contribution in [0.15, 0.2) is 164 Å². The molecule has 0 radical (unpaired) electrons. The van der Waals surface area contributed by atoms with Crippen LogP contribution in [0.2, 0.25) is 0 Å². The normalized spacial score (nSPS) is 11.6. The van der Waals surface area contributed by atoms with Crippen molar-refractivity contribution in [3.05, 3.63) is 186 Å². The number of nitriles is 2. The molecule has 0 aliphatic rings. The molecule has 0 unspecified atom stereocenters. The number of fused-ring (bicyclic) bond motifs is 9. The Balaban J connectivity index is 1.51. The number of hydrogen-bond donors (Lipinski definition) is 0. The van der Waals surface area contributed by atoms with Gasteiger partial charge in [-0.05, 0) is 67.9 Å². The minimum absolute atomic E-state index is 0.429. The first-order valence-electron chi connectivity index (χ1n) is 19.2. The molecule has 0 N–H and O–H groups in total. The van der Waals surface area contributed by atoms with E-state index >= 15 is 0 Å². The van der Waals surface area contributed by atoms with Gasteiger partial charge in [-0.3, -0.25) is 0 Å². The van der Waals surface area contributed by atoms with Gasteiger partial charge in [-0.25, -0.2) is 0 Å². The number of rotatable bonds is 4. The Hall–Kier alpha value is -7.86. The fraction of sp³-hybridized carbons (Fsp3) is 0.0385. The zero-order valence-corrected chi connectivity index (χ0v) is 31.3. The van der Waals surface area contributed by atoms with Gasteiger partial charge in [-0.2, -0.15) is 10.5 Å². The Kier molecular flexibility index (Phi) is 7.04. The van der Waals surface area contributed by atoms with Crippen molar-refractivity contribution in [2.24, 2.45) is 0 Å². The average Bonchev–Trinajstić information content (AvgIpc) is 3.88. The summed E-state index contributed by atoms with van der Waals surface area (Å²) in [4.78, 5) is 0. The topological polar surface area (TPSA) is 62.4 Å². The zero-order valence-electron chi connectivity index (χ0n) is 31.3. The van der Waals surface area contributed by atoms with Crippen molar-refractivity contribution >= 4 is 65.4 Å². The van der Waals surface area contributed by atoms with E-state index in [0.717, 1.165) is 87.8 Å². The van der Waals surface area contributed by atoms with Crippen molar-refractivity contribution in [2.75, 3.05) is 0 Å². The van der Waals surface area contributed by atoms with Gasteiger partial charge in [0.1, 0.15) is 12.1 Å². The van der Waals surface area contributed by atoms with E-state index in [1.165, 1.54) is 0 Å². The molecule has 0 aliphatic carbocycles. The van der Waals surface area contributed by atoms with Gasteiger partial charge in [0.25, 0.3) is 0 Å². The van der Waals surface area contributed by atoms with E-state index in [0.29, 0.717) is 28.1 Å². The lowest BCUT2D eigenvalue weighted by molar-refractivity contribution is 1.04. The summed E-state index contributed by atoms with van der Waals surface area (Å²) in [5, 5.41) is 30.0. The van der Waals surface area contributed by atoms with E-state index in [1.807, 2.05) is 30.3 Å². The average molecular weight is 728 g/mol. The van der Waals surface area contributed by atoms with Gasteiger partial charge < -0.3 is 13.7 Å². The largest absolute Gasteiger partial charge is 0.306 e. The molecule has 0 saturated carbocycles. The van der Waals surface area contributed by atoms with Crippen LogP contribution in [-0.2, 0) is 0 Å². The Labute approximate surface area is 328 Å². The van der Waals surface area contributed by atoms with Crippen LogP contribution < -0.4 is 0 Å². The molecular weight excluding hydrogens is 695 g/mol. The van der Waals surface area contributed by atoms with Gasteiger partial charge in [-0.15, -0.1) is 0 Å². The van der Waals surface area contributed by atoms with Crippen LogP contribution in [0.1, 0.15) is 22.3 Å². The minimum atomic E-state index is 0.429. The molecule has 0 fully saturated rings. The number of aromatic nitrogens is 3. The van der Waals surface area contributed by atoms with Crippen molar-refractivity contribution in [1.82, 2.24) is 13.7 Å². The lowest BCUT2D eigenvalue weighted by Gasteiger charge is -2.26. The number of hydrogen-bond acceptors (Lipinski definition) is 2. The SMILES string of the molecule is Cc1ccc2c(c1)c1cc(C)ccc1n2-c1c(-n2c3ccccc3c3ccccc32)c(C#N)c(-c2ccccc2)c(C#N)c1-n1c2ccccc2c2ccccc21. The molecule has 3 aromatic heterocycles. The number of benzene rings is 8. The highest BCUT2D eigenvalue weighted by atomic mass is 15.1. The van der Waals surface area contributed by atoms with E-state index in [2.05, 4.69) is 173 Å². The van der Waals surface area contributed by atoms with Gasteiger partial charge in [0, 0.05) is 37.9 Å². The van der Waals surface area contributed by atoms with Crippen molar-refractivity contribution in [3.63, 3.8) is 0 Å². The second kappa shape index (κ2) is 12.3. The molecule has 0 aliphatic heterocycles. The van der Waals surface area contributed by atoms with Crippen molar-refractivity contribution in [2.45, 2.75) is 13.8 Å². The Morgan fingerprint density at radius 3 is 1.07 bits per heavy atom. The second-order valence-corrected chi connectivity index (χ2v) is 14.9. The summed E-state index contributed by atoms with van der Waals surface area (Å²) in [6, 6.07) is 62.3. The molecule has 0 atom stereocenters. The lowest BCUT2D eigenvalue weighted by Crippen LogP contribution is -2.14. The number of para-hydroxylation sites is 4. The predicted molar refractivity (Wildman–Crippen MR) is 234 cm³/mol. The van der Waals surface area contributed by atoms with Crippen LogP contribution >= 0.6 is 0 Å². The Morgan fingerprint density at radius 2 is 0.684 bits per heavy atom. The van der Waals surface area contributed by atoms with Gasteiger partial charge in [-0.1, -0.05) is 126 Å². The molecule has 0 bridgehead atoms. The van der Waals surface area contributed by atoms with Crippen LogP contribution in [0.5, 0.6) is 0 Å². The summed E-state index contributed by atoms with van der Waals surface area (Å²) in [7, 11) is 0. The van der Waals surface area contributed by atoms with E-state index in [9.17, 15) is 10.5 Å². The lowest BCUT2D eigenvalue weighted by atomic mass is 9.90. The Morgan fingerprint density at radius 1 is 0.351 bits per heavy atom. The molecular formula is C52H33N5. The molecule has 57 heavy (non-hydrogen) atoms. The summed E-state index contributed by atoms with van der Waals surface area (Å²) in [6.07, 6.45) is 0. The van der Waals surface area contributed by atoms with E-state index < -0.39 is 0 Å². The van der Waals surface area contributed by atoms with Crippen LogP contribution in [0.3, 0.4) is 0 Å². The summed E-state index contributed by atoms with van der Waals surface area (Å²) in [6.45, 7) is 4.25. The van der Waals surface area contributed by atoms with E-state index in [-0.39, 0.29) is 0 Å². The quantitative estimate of drug-likeness (QED) is 0.181. The van der Waals surface area contributed by atoms with Crippen LogP contribution in [-0.4, -0.2) is 13.7 Å². The molecule has 11 rings (SSSR count). The zero-order chi connectivity index (χ0) is 38.4. The summed E-state index contributed by atoms with van der Waals surface area (Å²) in [5.41, 5.74) is 12.6. The van der Waals surface area contributed by atoms with Crippen molar-refractivity contribution < 1.29 is 0 Å². The molecule has 0 spiro atoms. The van der Waals surface area contributed by atoms with Crippen molar-refractivity contribution in [3.8, 4) is 40.3 Å². The van der Waals surface area contributed by atoms with Crippen LogP contribution in [0.4, 0.5) is 0 Å². The molecule has 5 heteroatoms. The minimum Gasteiger partial charge on any atom is -0.306 e. The highest BCUT2D eigenvalue weighted by Crippen LogP contribution is 2.48. The van der Waals surface area contributed by atoms with Gasteiger partial charge in [0.05, 0.1) is 61.3 Å². The van der Waals surface area contributed by atoms with E-state index in [1.54, 1.807) is 0 Å². The first-order valence-corrected chi connectivity index (χ1v) is 19.2. The van der Waals surface area contributed by atoms with Gasteiger partial charge >= 0.3 is 0 Å². The van der Waals surface area contributed by atoms with Gasteiger partial charge in [0.15, 0.2) is 0 Å². The third-order valence-corrected chi connectivity index (χ3v) is 11.6. The molecule has 0 saturated heterocycles. The maximum atomic E-state index is 11.7. The molecule has 11 aromatic rings. The monoisotopic (exact) mass is 727 g/mol. The standard InChI is InChI=1S/C52H33N5/c1-32-24-26-47-39(28-32)40-29-33(2)25-27-48(40)57(47)52-50(55-43-20-10-6-16-35(43)36-17-7-11-21-44(36)55)41(30-53)49(34-14-4-3-5-15-34)42(31-54)51(52)56-45-22-12-8-18-37(45)38-19-9-13-23-46(38)56/h3-29H,1-2H3. The summed E-state index contributed by atoms with van der Waals surface area (Å²) >= 11 is 0. The first kappa shape index (κ1) is 32.6. The Bertz CT molecular complexity index is 3240. The number of aryl methyl sites for hydroxylation is 2. The molecule has 8 aromatic carbocycles. The highest BCUT2D eigenvalue weighted by Gasteiger charge is 2.33. The number of nitrogens with zero attached hydrogens (tertiary/aromatic N) is 5. The molecule has 3 heterocycles. The third-order valence-electron chi connectivity index (χ3n) is 11.6. The highest BCUT2D eigenvalue weighted by molar-refractivity contribution is 6.15. The van der Waals surface area contributed by atoms with Gasteiger partial charge in [0.2, 0.25) is 0 Å². The second-order valence-electron chi connectivity index (χ2n) is 14.9. The summed E-state index contributed by atoms with van der Waals surface area (Å²) < 4.78 is 6.85. The maximum absolute atomic E-state index is 11.7. The third kappa shape index (κ3) is 4.55.